The van der Waals surface area contributed by atoms with Crippen molar-refractivity contribution in [3.63, 3.8) is 0 Å². The Morgan fingerprint density at radius 2 is 2.55 bits per heavy atom. The van der Waals surface area contributed by atoms with Crippen LogP contribution in [0.15, 0.2) is 11.8 Å². The van der Waals surface area contributed by atoms with Crippen LogP contribution in [0.3, 0.4) is 0 Å². The first-order chi connectivity index (χ1) is 5.27. The fraction of sp³-hybridized carbons (Fsp3) is 0.750. The van der Waals surface area contributed by atoms with Crippen LogP contribution < -0.4 is 5.73 Å². The van der Waals surface area contributed by atoms with E-state index in [1.165, 1.54) is 5.57 Å². The van der Waals surface area contributed by atoms with Crippen LogP contribution >= 0.6 is 0 Å². The molecule has 0 radical (unpaired) electrons. The van der Waals surface area contributed by atoms with Crippen LogP contribution in [0.1, 0.15) is 0 Å². The number of nitrogens with zero attached hydrogens (tertiary/aromatic N) is 1. The quantitative estimate of drug-likeness (QED) is 0.574. The zero-order valence-corrected chi connectivity index (χ0v) is 7.21. The average Bonchev–Trinajstić information content (AvgIpc) is 2.32. The minimum Gasteiger partial charge on any atom is -0.504 e. The predicted octanol–water partition coefficient (Wildman–Crippen LogP) is 0.0370. The van der Waals surface area contributed by atoms with Crippen LogP contribution in [0.25, 0.3) is 0 Å². The summed E-state index contributed by atoms with van der Waals surface area (Å²) in [7, 11) is 3.78. The van der Waals surface area contributed by atoms with Crippen LogP contribution in [0.4, 0.5) is 0 Å². The third kappa shape index (κ3) is 1.94. The zero-order chi connectivity index (χ0) is 8.27. The van der Waals surface area contributed by atoms with E-state index in [1.807, 2.05) is 6.26 Å². The Labute approximate surface area is 67.8 Å². The van der Waals surface area contributed by atoms with Crippen molar-refractivity contribution in [2.24, 2.45) is 11.7 Å². The number of hydrogen-bond acceptors (Lipinski definition) is 3. The summed E-state index contributed by atoms with van der Waals surface area (Å²) < 4.78 is 4.96. The molecule has 0 aromatic carbocycles. The highest BCUT2D eigenvalue weighted by molar-refractivity contribution is 5.12. The summed E-state index contributed by atoms with van der Waals surface area (Å²) in [6, 6.07) is 0. The van der Waals surface area contributed by atoms with Crippen molar-refractivity contribution in [3.05, 3.63) is 11.8 Å². The average molecular weight is 156 g/mol. The van der Waals surface area contributed by atoms with Crippen molar-refractivity contribution in [2.45, 2.75) is 0 Å². The van der Waals surface area contributed by atoms with E-state index < -0.39 is 0 Å². The van der Waals surface area contributed by atoms with Crippen LogP contribution in [-0.4, -0.2) is 38.7 Å². The van der Waals surface area contributed by atoms with Gasteiger partial charge in [-0.05, 0) is 12.6 Å². The van der Waals surface area contributed by atoms with Gasteiger partial charge in [0.15, 0.2) is 0 Å². The number of hydrogen-bond donors (Lipinski definition) is 1. The largest absolute Gasteiger partial charge is 0.504 e. The van der Waals surface area contributed by atoms with E-state index in [0.717, 1.165) is 19.6 Å². The Morgan fingerprint density at radius 1 is 1.82 bits per heavy atom. The Morgan fingerprint density at radius 3 is 3.09 bits per heavy atom. The molecule has 1 fully saturated rings. The maximum Gasteiger partial charge on any atom is 0.0833 e. The van der Waals surface area contributed by atoms with E-state index in [9.17, 15) is 0 Å². The molecule has 1 aliphatic heterocycles. The van der Waals surface area contributed by atoms with Gasteiger partial charge < -0.3 is 15.4 Å². The van der Waals surface area contributed by atoms with Gasteiger partial charge in [0, 0.05) is 25.6 Å². The molecule has 1 unspecified atom stereocenters. The standard InChI is InChI=1S/C8H16N2O/c1-10-4-7(3-9)8(5-10)6-11-2/h6-7H,3-5,9H2,1-2H3/b8-6-. The topological polar surface area (TPSA) is 38.5 Å². The molecule has 3 nitrogen and oxygen atoms in total. The first-order valence-electron chi connectivity index (χ1n) is 3.88. The second-order valence-electron chi connectivity index (χ2n) is 3.06. The molecule has 1 heterocycles. The van der Waals surface area contributed by atoms with Gasteiger partial charge in [0.1, 0.15) is 0 Å². The second-order valence-corrected chi connectivity index (χ2v) is 3.06. The zero-order valence-electron chi connectivity index (χ0n) is 7.21. The molecule has 0 amide bonds. The number of ether oxygens (including phenoxy) is 1. The van der Waals surface area contributed by atoms with Gasteiger partial charge in [-0.25, -0.2) is 0 Å². The molecular weight excluding hydrogens is 140 g/mol. The van der Waals surface area contributed by atoms with E-state index in [0.29, 0.717) is 5.92 Å². The minimum absolute atomic E-state index is 0.500. The van der Waals surface area contributed by atoms with Crippen LogP contribution in [0.2, 0.25) is 0 Å². The highest BCUT2D eigenvalue weighted by Crippen LogP contribution is 2.19. The van der Waals surface area contributed by atoms with Crippen LogP contribution in [-0.2, 0) is 4.74 Å². The van der Waals surface area contributed by atoms with Crippen LogP contribution in [0, 0.1) is 5.92 Å². The molecule has 0 bridgehead atoms. The van der Waals surface area contributed by atoms with Crippen molar-refractivity contribution in [1.82, 2.24) is 4.90 Å². The van der Waals surface area contributed by atoms with Crippen molar-refractivity contribution in [1.29, 1.82) is 0 Å². The van der Waals surface area contributed by atoms with Crippen molar-refractivity contribution in [3.8, 4) is 0 Å². The van der Waals surface area contributed by atoms with Crippen molar-refractivity contribution in [2.75, 3.05) is 33.8 Å². The third-order valence-corrected chi connectivity index (χ3v) is 2.06. The Bertz CT molecular complexity index is 156. The van der Waals surface area contributed by atoms with Gasteiger partial charge in [-0.15, -0.1) is 0 Å². The lowest BCUT2D eigenvalue weighted by Crippen LogP contribution is -2.19. The van der Waals surface area contributed by atoms with E-state index in [-0.39, 0.29) is 0 Å². The summed E-state index contributed by atoms with van der Waals surface area (Å²) in [5.74, 6) is 0.500. The van der Waals surface area contributed by atoms with E-state index in [2.05, 4.69) is 11.9 Å². The van der Waals surface area contributed by atoms with Gasteiger partial charge >= 0.3 is 0 Å². The molecule has 0 spiro atoms. The van der Waals surface area contributed by atoms with Gasteiger partial charge in [-0.3, -0.25) is 0 Å². The Balaban J connectivity index is 2.57. The lowest BCUT2D eigenvalue weighted by atomic mass is 10.1. The van der Waals surface area contributed by atoms with Crippen LogP contribution in [0.5, 0.6) is 0 Å². The summed E-state index contributed by atoms with van der Waals surface area (Å²) in [6.45, 7) is 2.78. The summed E-state index contributed by atoms with van der Waals surface area (Å²) >= 11 is 0. The molecule has 0 aliphatic carbocycles. The highest BCUT2D eigenvalue weighted by atomic mass is 16.5. The van der Waals surface area contributed by atoms with Gasteiger partial charge in [-0.1, -0.05) is 0 Å². The monoisotopic (exact) mass is 156 g/mol. The molecule has 11 heavy (non-hydrogen) atoms. The molecule has 0 aromatic heterocycles. The molecule has 0 saturated carbocycles. The normalized spacial score (nSPS) is 29.7. The van der Waals surface area contributed by atoms with Gasteiger partial charge in [0.2, 0.25) is 0 Å². The van der Waals surface area contributed by atoms with Crippen molar-refractivity contribution >= 4 is 0 Å². The molecule has 3 heteroatoms. The van der Waals surface area contributed by atoms with E-state index >= 15 is 0 Å². The Hall–Kier alpha value is -0.540. The first-order valence-corrected chi connectivity index (χ1v) is 3.88. The van der Waals surface area contributed by atoms with Crippen molar-refractivity contribution < 1.29 is 4.74 Å². The van der Waals surface area contributed by atoms with E-state index in [4.69, 9.17) is 10.5 Å². The van der Waals surface area contributed by atoms with Gasteiger partial charge in [0.05, 0.1) is 13.4 Å². The highest BCUT2D eigenvalue weighted by Gasteiger charge is 2.23. The first kappa shape index (κ1) is 8.56. The number of nitrogens with two attached hydrogens (primary N) is 1. The molecule has 0 aromatic rings. The maximum atomic E-state index is 5.59. The number of likely N-dealkylation sites (tertiary alicyclic amines) is 1. The fourth-order valence-corrected chi connectivity index (χ4v) is 1.51. The molecule has 1 atom stereocenters. The predicted molar refractivity (Wildman–Crippen MR) is 45.1 cm³/mol. The summed E-state index contributed by atoms with van der Waals surface area (Å²) in [4.78, 5) is 2.25. The summed E-state index contributed by atoms with van der Waals surface area (Å²) in [5, 5.41) is 0. The summed E-state index contributed by atoms with van der Waals surface area (Å²) in [5.41, 5.74) is 6.91. The van der Waals surface area contributed by atoms with Gasteiger partial charge in [-0.2, -0.15) is 0 Å². The number of likely N-dealkylation sites (N-methyl/N-ethyl adjacent to an activating group) is 1. The van der Waals surface area contributed by atoms with E-state index in [1.54, 1.807) is 7.11 Å². The molecule has 1 rings (SSSR count). The molecule has 64 valence electrons. The lowest BCUT2D eigenvalue weighted by molar-refractivity contribution is 0.330. The molecule has 1 aliphatic rings. The molecular formula is C8H16N2O. The number of rotatable bonds is 2. The smallest absolute Gasteiger partial charge is 0.0833 e. The molecule has 1 saturated heterocycles. The van der Waals surface area contributed by atoms with Gasteiger partial charge in [0.25, 0.3) is 0 Å². The molecule has 2 N–H and O–H groups in total. The maximum absolute atomic E-state index is 5.59. The minimum atomic E-state index is 0.500. The fourth-order valence-electron chi connectivity index (χ4n) is 1.51. The third-order valence-electron chi connectivity index (χ3n) is 2.06. The second kappa shape index (κ2) is 3.74. The lowest BCUT2D eigenvalue weighted by Gasteiger charge is -2.06. The number of methoxy groups -OCH3 is 1. The SMILES string of the molecule is CO/C=C1/CN(C)CC1CN. The summed E-state index contributed by atoms with van der Waals surface area (Å²) in [6.07, 6.45) is 1.82. The Kier molecular flexibility index (Phi) is 2.91.